The standard InChI is InChI=1S/C19H28O2/c1-18-9-7-13(20)11-12(18)3-4-14-15-5-6-17(21)19(15,2)10-8-16(14)18/h3-4,7,9,12-17,20-21H,5-6,8,10-11H2,1-2H3/t12?,13?,14-,15-,16-,17+,18-,19-/m0/s1. The van der Waals surface area contributed by atoms with Crippen LogP contribution < -0.4 is 0 Å². The third-order valence-electron chi connectivity index (χ3n) is 7.62. The Morgan fingerprint density at radius 1 is 0.952 bits per heavy atom. The fourth-order valence-corrected chi connectivity index (χ4v) is 6.14. The van der Waals surface area contributed by atoms with Crippen LogP contribution in [0.1, 0.15) is 46.0 Å². The van der Waals surface area contributed by atoms with E-state index in [-0.39, 0.29) is 23.0 Å². The van der Waals surface area contributed by atoms with Gasteiger partial charge in [0.15, 0.2) is 0 Å². The van der Waals surface area contributed by atoms with Crippen LogP contribution in [-0.4, -0.2) is 22.4 Å². The van der Waals surface area contributed by atoms with Gasteiger partial charge in [0.25, 0.3) is 0 Å². The lowest BCUT2D eigenvalue weighted by molar-refractivity contribution is -0.0584. The summed E-state index contributed by atoms with van der Waals surface area (Å²) in [4.78, 5) is 0. The number of hydrogen-bond acceptors (Lipinski definition) is 2. The Kier molecular flexibility index (Phi) is 2.97. The van der Waals surface area contributed by atoms with E-state index in [0.29, 0.717) is 23.7 Å². The van der Waals surface area contributed by atoms with Gasteiger partial charge >= 0.3 is 0 Å². The van der Waals surface area contributed by atoms with E-state index in [2.05, 4.69) is 32.1 Å². The van der Waals surface area contributed by atoms with Crippen molar-refractivity contribution in [3.05, 3.63) is 24.3 Å². The fraction of sp³-hybridized carbons (Fsp3) is 0.789. The molecule has 21 heavy (non-hydrogen) atoms. The second kappa shape index (κ2) is 4.45. The minimum absolute atomic E-state index is 0.105. The van der Waals surface area contributed by atoms with Gasteiger partial charge in [-0.3, -0.25) is 0 Å². The van der Waals surface area contributed by atoms with Crippen molar-refractivity contribution < 1.29 is 10.2 Å². The predicted octanol–water partition coefficient (Wildman–Crippen LogP) is 3.30. The van der Waals surface area contributed by atoms with E-state index in [4.69, 9.17) is 0 Å². The fourth-order valence-electron chi connectivity index (χ4n) is 6.14. The Morgan fingerprint density at radius 2 is 1.76 bits per heavy atom. The highest BCUT2D eigenvalue weighted by atomic mass is 16.3. The van der Waals surface area contributed by atoms with Gasteiger partial charge in [-0.15, -0.1) is 0 Å². The van der Waals surface area contributed by atoms with Gasteiger partial charge in [0.1, 0.15) is 0 Å². The number of aliphatic hydroxyl groups excluding tert-OH is 2. The van der Waals surface area contributed by atoms with E-state index in [9.17, 15) is 10.2 Å². The Bertz CT molecular complexity index is 496. The zero-order chi connectivity index (χ0) is 14.8. The third kappa shape index (κ3) is 1.78. The average molecular weight is 288 g/mol. The van der Waals surface area contributed by atoms with Crippen LogP contribution >= 0.6 is 0 Å². The van der Waals surface area contributed by atoms with Crippen LogP contribution in [0.25, 0.3) is 0 Å². The zero-order valence-corrected chi connectivity index (χ0v) is 13.2. The molecule has 116 valence electrons. The van der Waals surface area contributed by atoms with E-state index in [1.807, 2.05) is 6.08 Å². The Hall–Kier alpha value is -0.600. The molecule has 0 saturated heterocycles. The molecule has 4 aliphatic carbocycles. The molecule has 4 aliphatic rings. The minimum Gasteiger partial charge on any atom is -0.393 e. The molecule has 0 amide bonds. The highest BCUT2D eigenvalue weighted by Gasteiger charge is 2.58. The Morgan fingerprint density at radius 3 is 2.57 bits per heavy atom. The molecule has 8 atom stereocenters. The summed E-state index contributed by atoms with van der Waals surface area (Å²) in [5.41, 5.74) is 0.333. The Balaban J connectivity index is 1.71. The van der Waals surface area contributed by atoms with Crippen molar-refractivity contribution in [3.8, 4) is 0 Å². The SMILES string of the molecule is C[C@]12CC[C@H]3[C@@H](C=CC4CC(O)C=C[C@@]43C)[C@@H]1CC[C@H]2O. The molecule has 0 aromatic heterocycles. The number of fused-ring (bicyclic) bond motifs is 5. The smallest absolute Gasteiger partial charge is 0.0727 e. The monoisotopic (exact) mass is 288 g/mol. The van der Waals surface area contributed by atoms with Crippen molar-refractivity contribution in [2.45, 2.75) is 58.2 Å². The summed E-state index contributed by atoms with van der Waals surface area (Å²) < 4.78 is 0. The van der Waals surface area contributed by atoms with Crippen molar-refractivity contribution in [3.63, 3.8) is 0 Å². The number of rotatable bonds is 0. The highest BCUT2D eigenvalue weighted by molar-refractivity contribution is 5.24. The first-order chi connectivity index (χ1) is 9.95. The van der Waals surface area contributed by atoms with Gasteiger partial charge in [-0.05, 0) is 66.6 Å². The lowest BCUT2D eigenvalue weighted by Gasteiger charge is -2.56. The van der Waals surface area contributed by atoms with Gasteiger partial charge in [0.05, 0.1) is 12.2 Å². The van der Waals surface area contributed by atoms with Crippen LogP contribution in [-0.2, 0) is 0 Å². The molecule has 0 radical (unpaired) electrons. The van der Waals surface area contributed by atoms with Crippen molar-refractivity contribution in [1.82, 2.24) is 0 Å². The maximum atomic E-state index is 10.4. The first-order valence-corrected chi connectivity index (χ1v) is 8.69. The average Bonchev–Trinajstić information content (AvgIpc) is 2.76. The van der Waals surface area contributed by atoms with Crippen LogP contribution in [0.3, 0.4) is 0 Å². The van der Waals surface area contributed by atoms with Crippen molar-refractivity contribution in [1.29, 1.82) is 0 Å². The topological polar surface area (TPSA) is 40.5 Å². The molecule has 4 rings (SSSR count). The molecule has 2 nitrogen and oxygen atoms in total. The Labute approximate surface area is 127 Å². The molecule has 2 fully saturated rings. The number of allylic oxidation sites excluding steroid dienone is 3. The molecule has 0 spiro atoms. The number of hydrogen-bond donors (Lipinski definition) is 2. The quantitative estimate of drug-likeness (QED) is 0.671. The highest BCUT2D eigenvalue weighted by Crippen LogP contribution is 2.63. The molecule has 0 heterocycles. The lowest BCUT2D eigenvalue weighted by Crippen LogP contribution is -2.51. The van der Waals surface area contributed by atoms with Crippen LogP contribution in [0.2, 0.25) is 0 Å². The summed E-state index contributed by atoms with van der Waals surface area (Å²) in [5.74, 6) is 2.41. The second-order valence-corrected chi connectivity index (χ2v) is 8.45. The van der Waals surface area contributed by atoms with E-state index in [1.165, 1.54) is 12.8 Å². The van der Waals surface area contributed by atoms with E-state index in [0.717, 1.165) is 19.3 Å². The molecule has 0 bridgehead atoms. The van der Waals surface area contributed by atoms with Crippen molar-refractivity contribution in [2.75, 3.05) is 0 Å². The summed E-state index contributed by atoms with van der Waals surface area (Å²) in [6, 6.07) is 0. The van der Waals surface area contributed by atoms with Crippen LogP contribution in [0, 0.1) is 34.5 Å². The first kappa shape index (κ1) is 14.0. The molecular weight excluding hydrogens is 260 g/mol. The molecular formula is C19H28O2. The van der Waals surface area contributed by atoms with E-state index < -0.39 is 0 Å². The van der Waals surface area contributed by atoms with Crippen LogP contribution in [0.15, 0.2) is 24.3 Å². The summed E-state index contributed by atoms with van der Waals surface area (Å²) in [6.45, 7) is 4.71. The van der Waals surface area contributed by atoms with Gasteiger partial charge < -0.3 is 10.2 Å². The van der Waals surface area contributed by atoms with Gasteiger partial charge in [0, 0.05) is 0 Å². The predicted molar refractivity (Wildman–Crippen MR) is 83.6 cm³/mol. The van der Waals surface area contributed by atoms with Gasteiger partial charge in [0.2, 0.25) is 0 Å². The lowest BCUT2D eigenvalue weighted by atomic mass is 9.48. The van der Waals surface area contributed by atoms with Gasteiger partial charge in [-0.2, -0.15) is 0 Å². The van der Waals surface area contributed by atoms with E-state index in [1.54, 1.807) is 0 Å². The minimum atomic E-state index is -0.272. The molecule has 2 N–H and O–H groups in total. The molecule has 2 heteroatoms. The zero-order valence-electron chi connectivity index (χ0n) is 13.2. The molecule has 2 unspecified atom stereocenters. The number of aliphatic hydroxyl groups is 2. The maximum absolute atomic E-state index is 10.4. The van der Waals surface area contributed by atoms with Crippen LogP contribution in [0.4, 0.5) is 0 Å². The largest absolute Gasteiger partial charge is 0.393 e. The molecule has 0 aromatic carbocycles. The summed E-state index contributed by atoms with van der Waals surface area (Å²) in [5, 5.41) is 20.4. The molecule has 0 aliphatic heterocycles. The van der Waals surface area contributed by atoms with Crippen molar-refractivity contribution in [2.24, 2.45) is 34.5 Å². The molecule has 0 aromatic rings. The van der Waals surface area contributed by atoms with Crippen LogP contribution in [0.5, 0.6) is 0 Å². The summed E-state index contributed by atoms with van der Waals surface area (Å²) >= 11 is 0. The van der Waals surface area contributed by atoms with E-state index >= 15 is 0 Å². The van der Waals surface area contributed by atoms with Gasteiger partial charge in [-0.1, -0.05) is 38.2 Å². The maximum Gasteiger partial charge on any atom is 0.0727 e. The summed E-state index contributed by atoms with van der Waals surface area (Å²) in [6.07, 6.45) is 14.2. The molecule has 2 saturated carbocycles. The summed E-state index contributed by atoms with van der Waals surface area (Å²) in [7, 11) is 0. The van der Waals surface area contributed by atoms with Crippen molar-refractivity contribution >= 4 is 0 Å². The van der Waals surface area contributed by atoms with Gasteiger partial charge in [-0.25, -0.2) is 0 Å². The second-order valence-electron chi connectivity index (χ2n) is 8.45. The first-order valence-electron chi connectivity index (χ1n) is 8.69. The third-order valence-corrected chi connectivity index (χ3v) is 7.62. The normalized spacial score (nSPS) is 58.5.